The predicted molar refractivity (Wildman–Crippen MR) is 74.3 cm³/mol. The fraction of sp³-hybridized carbons (Fsp3) is 0.143. The van der Waals surface area contributed by atoms with Gasteiger partial charge in [-0.3, -0.25) is 0 Å². The molecule has 0 bridgehead atoms. The van der Waals surface area contributed by atoms with E-state index in [1.807, 2.05) is 12.1 Å². The van der Waals surface area contributed by atoms with Gasteiger partial charge in [0, 0.05) is 12.2 Å². The molecule has 0 aliphatic carbocycles. The van der Waals surface area contributed by atoms with Gasteiger partial charge in [-0.1, -0.05) is 23.8 Å². The molecular formula is C14H14BrNO. The largest absolute Gasteiger partial charge is 0.507 e. The summed E-state index contributed by atoms with van der Waals surface area (Å²) in [4.78, 5) is 0. The molecule has 0 saturated carbocycles. The van der Waals surface area contributed by atoms with E-state index in [4.69, 9.17) is 0 Å². The minimum absolute atomic E-state index is 0.268. The van der Waals surface area contributed by atoms with Crippen LogP contribution in [0.5, 0.6) is 5.75 Å². The number of anilines is 1. The molecule has 0 radical (unpaired) electrons. The normalized spacial score (nSPS) is 10.2. The highest BCUT2D eigenvalue weighted by atomic mass is 79.9. The van der Waals surface area contributed by atoms with Gasteiger partial charge in [-0.15, -0.1) is 0 Å². The average molecular weight is 292 g/mol. The third-order valence-electron chi connectivity index (χ3n) is 2.56. The number of hydrogen-bond donors (Lipinski definition) is 2. The predicted octanol–water partition coefficient (Wildman–Crippen LogP) is 4.08. The summed E-state index contributed by atoms with van der Waals surface area (Å²) < 4.78 is 0.723. The molecule has 0 aliphatic heterocycles. The van der Waals surface area contributed by atoms with Gasteiger partial charge in [0.2, 0.25) is 0 Å². The summed E-state index contributed by atoms with van der Waals surface area (Å²) in [5.41, 5.74) is 3.47. The van der Waals surface area contributed by atoms with Crippen molar-refractivity contribution in [3.05, 3.63) is 58.1 Å². The topological polar surface area (TPSA) is 32.3 Å². The highest BCUT2D eigenvalue weighted by Crippen LogP contribution is 2.24. The van der Waals surface area contributed by atoms with E-state index in [1.54, 1.807) is 6.07 Å². The first-order chi connectivity index (χ1) is 8.15. The Balaban J connectivity index is 2.02. The monoisotopic (exact) mass is 291 g/mol. The minimum Gasteiger partial charge on any atom is -0.507 e. The van der Waals surface area contributed by atoms with Gasteiger partial charge in [0.25, 0.3) is 0 Å². The molecule has 17 heavy (non-hydrogen) atoms. The van der Waals surface area contributed by atoms with Crippen LogP contribution in [0.15, 0.2) is 46.9 Å². The van der Waals surface area contributed by atoms with E-state index in [2.05, 4.69) is 52.4 Å². The van der Waals surface area contributed by atoms with Gasteiger partial charge in [-0.2, -0.15) is 0 Å². The maximum atomic E-state index is 9.39. The van der Waals surface area contributed by atoms with E-state index < -0.39 is 0 Å². The van der Waals surface area contributed by atoms with Crippen LogP contribution in [0.3, 0.4) is 0 Å². The van der Waals surface area contributed by atoms with Crippen LogP contribution in [-0.2, 0) is 6.54 Å². The number of rotatable bonds is 3. The fourth-order valence-electron chi connectivity index (χ4n) is 1.54. The maximum absolute atomic E-state index is 9.39. The van der Waals surface area contributed by atoms with E-state index in [1.165, 1.54) is 5.56 Å². The molecule has 2 aromatic rings. The first-order valence-corrected chi connectivity index (χ1v) is 6.22. The van der Waals surface area contributed by atoms with Crippen LogP contribution in [0.4, 0.5) is 5.69 Å². The maximum Gasteiger partial charge on any atom is 0.129 e. The summed E-state index contributed by atoms with van der Waals surface area (Å²) in [5, 5.41) is 12.7. The van der Waals surface area contributed by atoms with Crippen LogP contribution in [0, 0.1) is 6.92 Å². The first-order valence-electron chi connectivity index (χ1n) is 5.43. The zero-order chi connectivity index (χ0) is 12.3. The third-order valence-corrected chi connectivity index (χ3v) is 3.20. The van der Waals surface area contributed by atoms with Crippen LogP contribution in [0.1, 0.15) is 11.1 Å². The van der Waals surface area contributed by atoms with Crippen molar-refractivity contribution in [1.29, 1.82) is 0 Å². The van der Waals surface area contributed by atoms with Crippen molar-refractivity contribution in [3.63, 3.8) is 0 Å². The molecule has 0 fully saturated rings. The fourth-order valence-corrected chi connectivity index (χ4v) is 1.96. The highest BCUT2D eigenvalue weighted by Gasteiger charge is 1.99. The summed E-state index contributed by atoms with van der Waals surface area (Å²) in [5.74, 6) is 0.268. The lowest BCUT2D eigenvalue weighted by Gasteiger charge is -2.07. The van der Waals surface area contributed by atoms with Gasteiger partial charge in [-0.25, -0.2) is 0 Å². The average Bonchev–Trinajstić information content (AvgIpc) is 2.33. The lowest BCUT2D eigenvalue weighted by molar-refractivity contribution is 0.471. The number of aryl methyl sites for hydroxylation is 1. The second kappa shape index (κ2) is 5.23. The van der Waals surface area contributed by atoms with Gasteiger partial charge in [0.1, 0.15) is 5.75 Å². The zero-order valence-electron chi connectivity index (χ0n) is 9.57. The van der Waals surface area contributed by atoms with Crippen LogP contribution >= 0.6 is 15.9 Å². The summed E-state index contributed by atoms with van der Waals surface area (Å²) in [7, 11) is 0. The number of phenolic OH excluding ortho intramolecular Hbond substituents is 1. The molecule has 0 amide bonds. The van der Waals surface area contributed by atoms with Crippen LogP contribution in [-0.4, -0.2) is 5.11 Å². The second-order valence-corrected chi connectivity index (χ2v) is 4.86. The van der Waals surface area contributed by atoms with Crippen LogP contribution in [0.25, 0.3) is 0 Å². The van der Waals surface area contributed by atoms with Crippen LogP contribution < -0.4 is 5.32 Å². The molecule has 2 nitrogen and oxygen atoms in total. The molecule has 0 unspecified atom stereocenters. The first kappa shape index (κ1) is 12.0. The number of benzene rings is 2. The molecule has 0 aliphatic rings. The van der Waals surface area contributed by atoms with Gasteiger partial charge in [0.15, 0.2) is 0 Å². The Kier molecular flexibility index (Phi) is 3.69. The van der Waals surface area contributed by atoms with Crippen molar-refractivity contribution in [1.82, 2.24) is 0 Å². The van der Waals surface area contributed by atoms with Crippen molar-refractivity contribution in [2.24, 2.45) is 0 Å². The van der Waals surface area contributed by atoms with Gasteiger partial charge >= 0.3 is 0 Å². The van der Waals surface area contributed by atoms with E-state index in [0.717, 1.165) is 22.3 Å². The Morgan fingerprint density at radius 1 is 1.12 bits per heavy atom. The van der Waals surface area contributed by atoms with E-state index in [-0.39, 0.29) is 5.75 Å². The van der Waals surface area contributed by atoms with E-state index >= 15 is 0 Å². The summed E-state index contributed by atoms with van der Waals surface area (Å²) in [6.45, 7) is 2.81. The van der Waals surface area contributed by atoms with Crippen molar-refractivity contribution in [3.8, 4) is 5.75 Å². The number of aromatic hydroxyl groups is 1. The second-order valence-electron chi connectivity index (χ2n) is 4.01. The molecule has 0 spiro atoms. The van der Waals surface area contributed by atoms with E-state index in [9.17, 15) is 5.11 Å². The molecule has 2 aromatic carbocycles. The Labute approximate surface area is 109 Å². The Morgan fingerprint density at radius 2 is 1.82 bits per heavy atom. The number of nitrogens with one attached hydrogen (secondary N) is 1. The van der Waals surface area contributed by atoms with Crippen molar-refractivity contribution < 1.29 is 5.11 Å². The summed E-state index contributed by atoms with van der Waals surface area (Å²) in [6.07, 6.45) is 0. The third kappa shape index (κ3) is 3.24. The van der Waals surface area contributed by atoms with Crippen LogP contribution in [0.2, 0.25) is 0 Å². The number of phenols is 1. The zero-order valence-corrected chi connectivity index (χ0v) is 11.2. The molecule has 0 atom stereocenters. The standard InChI is InChI=1S/C14H14BrNO/c1-10-2-5-12(6-3-10)16-9-11-4-7-14(17)13(15)8-11/h2-8,16-17H,9H2,1H3. The Morgan fingerprint density at radius 3 is 2.47 bits per heavy atom. The molecule has 0 aromatic heterocycles. The molecule has 0 heterocycles. The van der Waals surface area contributed by atoms with Gasteiger partial charge in [-0.05, 0) is 52.7 Å². The molecule has 2 rings (SSSR count). The van der Waals surface area contributed by atoms with Gasteiger partial charge in [0.05, 0.1) is 4.47 Å². The Hall–Kier alpha value is -1.48. The molecule has 3 heteroatoms. The smallest absolute Gasteiger partial charge is 0.129 e. The van der Waals surface area contributed by atoms with Crippen molar-refractivity contribution in [2.45, 2.75) is 13.5 Å². The van der Waals surface area contributed by atoms with Gasteiger partial charge < -0.3 is 10.4 Å². The number of halogens is 1. The summed E-state index contributed by atoms with van der Waals surface area (Å²) >= 11 is 3.30. The van der Waals surface area contributed by atoms with E-state index in [0.29, 0.717) is 0 Å². The van der Waals surface area contributed by atoms with Crippen molar-refractivity contribution in [2.75, 3.05) is 5.32 Å². The molecule has 0 saturated heterocycles. The molecule has 2 N–H and O–H groups in total. The van der Waals surface area contributed by atoms with Crippen molar-refractivity contribution >= 4 is 21.6 Å². The quantitative estimate of drug-likeness (QED) is 0.893. The Bertz CT molecular complexity index is 508. The summed E-state index contributed by atoms with van der Waals surface area (Å²) in [6, 6.07) is 13.8. The lowest BCUT2D eigenvalue weighted by Crippen LogP contribution is -1.99. The number of hydrogen-bond acceptors (Lipinski definition) is 2. The lowest BCUT2D eigenvalue weighted by atomic mass is 10.2. The molecule has 88 valence electrons. The molecular weight excluding hydrogens is 278 g/mol. The minimum atomic E-state index is 0.268. The SMILES string of the molecule is Cc1ccc(NCc2ccc(O)c(Br)c2)cc1. The highest BCUT2D eigenvalue weighted by molar-refractivity contribution is 9.10.